The number of ether oxygens (including phenoxy) is 2. The lowest BCUT2D eigenvalue weighted by atomic mass is 9.68. The Balaban J connectivity index is 1.06. The van der Waals surface area contributed by atoms with Gasteiger partial charge >= 0.3 is 11.9 Å². The normalized spacial score (nSPS) is 20.4. The quantitative estimate of drug-likeness (QED) is 0.0669. The van der Waals surface area contributed by atoms with E-state index in [1.807, 2.05) is 48.5 Å². The molecular formula is C57H52N6O4. The van der Waals surface area contributed by atoms with E-state index in [0.717, 1.165) is 96.6 Å². The molecule has 3 aliphatic carbocycles. The zero-order valence-electron chi connectivity index (χ0n) is 38.5. The third-order valence-corrected chi connectivity index (χ3v) is 14.1. The monoisotopic (exact) mass is 884 g/mol. The Morgan fingerprint density at radius 1 is 0.507 bits per heavy atom. The van der Waals surface area contributed by atoms with Gasteiger partial charge in [-0.05, 0) is 131 Å². The van der Waals surface area contributed by atoms with Crippen molar-refractivity contribution >= 4 is 11.9 Å². The van der Waals surface area contributed by atoms with Crippen LogP contribution in [0, 0.1) is 37.1 Å². The highest BCUT2D eigenvalue weighted by molar-refractivity contribution is 5.95. The van der Waals surface area contributed by atoms with Gasteiger partial charge in [-0.25, -0.2) is 19.4 Å². The highest BCUT2D eigenvalue weighted by atomic mass is 16.5. The van der Waals surface area contributed by atoms with Gasteiger partial charge in [0.2, 0.25) is 0 Å². The van der Waals surface area contributed by atoms with Gasteiger partial charge in [0.15, 0.2) is 11.4 Å². The van der Waals surface area contributed by atoms with Crippen LogP contribution in [0.3, 0.4) is 0 Å². The van der Waals surface area contributed by atoms with Crippen molar-refractivity contribution in [3.8, 4) is 22.6 Å². The van der Waals surface area contributed by atoms with Gasteiger partial charge < -0.3 is 19.3 Å². The molecule has 2 fully saturated rings. The molecule has 2 aliphatic heterocycles. The van der Waals surface area contributed by atoms with Crippen molar-refractivity contribution in [3.05, 3.63) is 210 Å². The Bertz CT molecular complexity index is 2800. The third-order valence-electron chi connectivity index (χ3n) is 14.1. The summed E-state index contributed by atoms with van der Waals surface area (Å²) in [6.07, 6.45) is 6.46. The molecule has 0 radical (unpaired) electrons. The maximum absolute atomic E-state index is 14.0. The van der Waals surface area contributed by atoms with E-state index in [4.69, 9.17) is 35.8 Å². The summed E-state index contributed by atoms with van der Waals surface area (Å²) < 4.78 is 12.0. The van der Waals surface area contributed by atoms with Crippen LogP contribution in [-0.4, -0.2) is 47.9 Å². The molecule has 0 aromatic heterocycles. The molecule has 10 nitrogen and oxygen atoms in total. The van der Waals surface area contributed by atoms with E-state index in [9.17, 15) is 9.59 Å². The SMILES string of the molecule is [C-]#[N+]C1=C(N2CCCC2)CC(C)(C)C/C1=C(/[N+]#[C-])C(=O)Oc1ccc(C2(c3ccc(OC(=O)/C([N+]#[C-])=C4\CC(C)(C)CC(N5CCCC5)=C4[N+]#[C-])cc3)c3ccccc3-c3ccccc32)cc1. The van der Waals surface area contributed by atoms with E-state index < -0.39 is 17.4 Å². The Hall–Kier alpha value is -7.66. The summed E-state index contributed by atoms with van der Waals surface area (Å²) in [5.74, 6) is -1.03. The molecule has 4 aromatic carbocycles. The second-order valence-corrected chi connectivity index (χ2v) is 19.8. The number of likely N-dealkylation sites (tertiary alicyclic amines) is 2. The van der Waals surface area contributed by atoms with Crippen LogP contribution in [0.25, 0.3) is 30.5 Å². The minimum absolute atomic E-state index is 0.159. The van der Waals surface area contributed by atoms with Crippen LogP contribution >= 0.6 is 0 Å². The van der Waals surface area contributed by atoms with Crippen LogP contribution in [0.2, 0.25) is 0 Å². The lowest BCUT2D eigenvalue weighted by Crippen LogP contribution is -2.30. The molecule has 0 saturated carbocycles. The number of carbonyl (C=O) groups is 2. The lowest BCUT2D eigenvalue weighted by Gasteiger charge is -2.37. The van der Waals surface area contributed by atoms with Crippen LogP contribution < -0.4 is 9.47 Å². The first-order chi connectivity index (χ1) is 32.3. The van der Waals surface area contributed by atoms with Crippen LogP contribution in [0.4, 0.5) is 0 Å². The van der Waals surface area contributed by atoms with Crippen molar-refractivity contribution in [3.63, 3.8) is 0 Å². The summed E-state index contributed by atoms with van der Waals surface area (Å²) in [5.41, 5.74) is 7.92. The minimum Gasteiger partial charge on any atom is -0.431 e. The fraction of sp³-hybridized carbons (Fsp3) is 0.333. The van der Waals surface area contributed by atoms with Crippen molar-refractivity contribution in [2.45, 2.75) is 84.5 Å². The molecule has 0 spiro atoms. The predicted molar refractivity (Wildman–Crippen MR) is 257 cm³/mol. The van der Waals surface area contributed by atoms with Crippen LogP contribution in [0.5, 0.6) is 11.5 Å². The number of carbonyl (C=O) groups excluding carboxylic acids is 2. The van der Waals surface area contributed by atoms with Crippen molar-refractivity contribution in [1.82, 2.24) is 9.80 Å². The predicted octanol–water partition coefficient (Wildman–Crippen LogP) is 12.3. The Kier molecular flexibility index (Phi) is 11.7. The molecule has 0 unspecified atom stereocenters. The lowest BCUT2D eigenvalue weighted by molar-refractivity contribution is -0.130. The summed E-state index contributed by atoms with van der Waals surface area (Å²) in [7, 11) is 0. The zero-order chi connectivity index (χ0) is 47.1. The first kappa shape index (κ1) is 44.5. The van der Waals surface area contributed by atoms with E-state index in [2.05, 4.69) is 81.1 Å². The third kappa shape index (κ3) is 7.98. The van der Waals surface area contributed by atoms with Crippen molar-refractivity contribution in [1.29, 1.82) is 0 Å². The standard InChI is InChI=1S/C57H52N6O4/c1-55(2)33-43(49(58-5)47(35-55)62-29-13-14-30-62)51(60-7)53(64)66-39-25-21-37(22-26-39)57(45-19-11-9-17-41(45)42-18-10-12-20-46(42)57)38-23-27-40(28-24-38)67-54(65)52(61-8)44-34-56(3,4)36-48(50(44)59-6)63-31-15-16-32-63/h9-12,17-28H,13-16,29-36H2,1-4H3/b51-43-,52-44-. The topological polar surface area (TPSA) is 76.5 Å². The number of allylic oxidation sites excluding steroid dienone is 4. The maximum Gasteiger partial charge on any atom is 0.340 e. The minimum atomic E-state index is -0.838. The van der Waals surface area contributed by atoms with Gasteiger partial charge in [0.05, 0.1) is 31.7 Å². The number of rotatable bonds is 8. The Morgan fingerprint density at radius 3 is 1.21 bits per heavy atom. The number of esters is 2. The zero-order valence-corrected chi connectivity index (χ0v) is 38.5. The number of benzene rings is 4. The van der Waals surface area contributed by atoms with Crippen LogP contribution in [-0.2, 0) is 15.0 Å². The Morgan fingerprint density at radius 2 is 0.866 bits per heavy atom. The number of fused-ring (bicyclic) bond motifs is 3. The smallest absolute Gasteiger partial charge is 0.340 e. The van der Waals surface area contributed by atoms with E-state index in [0.29, 0.717) is 48.2 Å². The summed E-state index contributed by atoms with van der Waals surface area (Å²) in [6.45, 7) is 44.5. The van der Waals surface area contributed by atoms with E-state index in [1.54, 1.807) is 24.3 Å². The van der Waals surface area contributed by atoms with Gasteiger partial charge in [-0.1, -0.05) is 100 Å². The molecule has 5 aliphatic rings. The van der Waals surface area contributed by atoms with Gasteiger partial charge in [0, 0.05) is 37.6 Å². The average molecular weight is 885 g/mol. The molecule has 0 amide bonds. The average Bonchev–Trinajstić information content (AvgIpc) is 4.11. The molecule has 334 valence electrons. The molecule has 67 heavy (non-hydrogen) atoms. The van der Waals surface area contributed by atoms with Crippen molar-refractivity contribution in [2.75, 3.05) is 26.2 Å². The van der Waals surface area contributed by atoms with Crippen LogP contribution in [0.1, 0.15) is 101 Å². The molecule has 0 bridgehead atoms. The van der Waals surface area contributed by atoms with Gasteiger partial charge in [-0.3, -0.25) is 9.59 Å². The number of nitrogens with zero attached hydrogens (tertiary/aromatic N) is 6. The first-order valence-electron chi connectivity index (χ1n) is 23.1. The van der Waals surface area contributed by atoms with E-state index in [1.165, 1.54) is 0 Å². The van der Waals surface area contributed by atoms with E-state index in [-0.39, 0.29) is 33.7 Å². The van der Waals surface area contributed by atoms with Crippen molar-refractivity contribution < 1.29 is 19.1 Å². The fourth-order valence-corrected chi connectivity index (χ4v) is 11.2. The van der Waals surface area contributed by atoms with Crippen LogP contribution in [0.15, 0.2) is 142 Å². The summed E-state index contributed by atoms with van der Waals surface area (Å²) in [5, 5.41) is 0. The molecule has 2 heterocycles. The fourth-order valence-electron chi connectivity index (χ4n) is 11.2. The van der Waals surface area contributed by atoms with Crippen molar-refractivity contribution in [2.24, 2.45) is 10.8 Å². The van der Waals surface area contributed by atoms with Gasteiger partial charge in [0.1, 0.15) is 11.5 Å². The molecule has 9 rings (SSSR count). The molecule has 0 atom stereocenters. The molecule has 0 N–H and O–H groups in total. The molecule has 10 heteroatoms. The largest absolute Gasteiger partial charge is 0.431 e. The molecule has 2 saturated heterocycles. The van der Waals surface area contributed by atoms with E-state index >= 15 is 0 Å². The number of hydrogen-bond acceptors (Lipinski definition) is 6. The highest BCUT2D eigenvalue weighted by Gasteiger charge is 2.46. The molecule has 4 aromatic rings. The summed E-state index contributed by atoms with van der Waals surface area (Å²) >= 11 is 0. The summed E-state index contributed by atoms with van der Waals surface area (Å²) in [4.78, 5) is 47.7. The molecular weight excluding hydrogens is 833 g/mol. The summed E-state index contributed by atoms with van der Waals surface area (Å²) in [6, 6.07) is 31.3. The van der Waals surface area contributed by atoms with Gasteiger partial charge in [-0.2, -0.15) is 0 Å². The van der Waals surface area contributed by atoms with Gasteiger partial charge in [0.25, 0.3) is 11.4 Å². The second-order valence-electron chi connectivity index (χ2n) is 19.8. The second kappa shape index (κ2) is 17.6. The van der Waals surface area contributed by atoms with Gasteiger partial charge in [-0.15, -0.1) is 0 Å². The highest BCUT2D eigenvalue weighted by Crippen LogP contribution is 2.56. The Labute approximate surface area is 393 Å². The number of hydrogen-bond donors (Lipinski definition) is 0. The first-order valence-corrected chi connectivity index (χ1v) is 23.1. The maximum atomic E-state index is 14.0.